The molecule has 0 fully saturated rings. The van der Waals surface area contributed by atoms with E-state index in [1.54, 1.807) is 24.3 Å². The predicted octanol–water partition coefficient (Wildman–Crippen LogP) is 7.21. The van der Waals surface area contributed by atoms with Crippen LogP contribution in [0.25, 0.3) is 11.0 Å². The van der Waals surface area contributed by atoms with Gasteiger partial charge in [-0.3, -0.25) is 9.59 Å². The summed E-state index contributed by atoms with van der Waals surface area (Å²) in [7, 11) is 0. The average molecular weight is 530 g/mol. The summed E-state index contributed by atoms with van der Waals surface area (Å²) in [6, 6.07) is 20.9. The van der Waals surface area contributed by atoms with Crippen LogP contribution in [0.5, 0.6) is 5.75 Å². The molecule has 7 heteroatoms. The van der Waals surface area contributed by atoms with Gasteiger partial charge in [-0.2, -0.15) is 0 Å². The summed E-state index contributed by atoms with van der Waals surface area (Å²) >= 11 is 6.10. The summed E-state index contributed by atoms with van der Waals surface area (Å²) in [5.74, 6) is -0.554. The van der Waals surface area contributed by atoms with Gasteiger partial charge in [0, 0.05) is 17.0 Å². The van der Waals surface area contributed by atoms with E-state index in [2.05, 4.69) is 13.8 Å². The average Bonchev–Trinajstić information content (AvgIpc) is 3.42. The number of furan rings is 1. The second-order valence-electron chi connectivity index (χ2n) is 9.98. The number of aliphatic hydroxyl groups excluding tert-OH is 1. The Kier molecular flexibility index (Phi) is 7.00. The third-order valence-electron chi connectivity index (χ3n) is 6.47. The highest BCUT2D eigenvalue weighted by molar-refractivity contribution is 6.31. The smallest absolute Gasteiger partial charge is 0.290 e. The first kappa shape index (κ1) is 25.6. The fourth-order valence-electron chi connectivity index (χ4n) is 4.64. The molecule has 0 spiro atoms. The zero-order valence-corrected chi connectivity index (χ0v) is 22.2. The molecule has 1 unspecified atom stereocenters. The molecule has 194 valence electrons. The van der Waals surface area contributed by atoms with Crippen molar-refractivity contribution in [2.75, 3.05) is 6.61 Å². The SMILES string of the molecule is Cc1cccc(C2C(C(=O)c3cc4cc(Cl)ccc4o3)=C(O)C(=O)N2Cc2ccc(OCC(C)C)cc2)c1. The Labute approximate surface area is 226 Å². The van der Waals surface area contributed by atoms with Gasteiger partial charge in [0.25, 0.3) is 5.91 Å². The molecule has 38 heavy (non-hydrogen) atoms. The molecule has 0 aliphatic carbocycles. The number of aliphatic hydroxyl groups is 1. The minimum absolute atomic E-state index is 0.0114. The van der Waals surface area contributed by atoms with Gasteiger partial charge in [0.1, 0.15) is 11.3 Å². The molecule has 1 amide bonds. The fourth-order valence-corrected chi connectivity index (χ4v) is 4.83. The van der Waals surface area contributed by atoms with E-state index in [4.69, 9.17) is 20.8 Å². The zero-order chi connectivity index (χ0) is 27.0. The van der Waals surface area contributed by atoms with E-state index < -0.39 is 23.5 Å². The molecule has 4 aromatic rings. The van der Waals surface area contributed by atoms with Crippen molar-refractivity contribution >= 4 is 34.3 Å². The third-order valence-corrected chi connectivity index (χ3v) is 6.70. The van der Waals surface area contributed by atoms with E-state index in [0.29, 0.717) is 28.5 Å². The second kappa shape index (κ2) is 10.4. The van der Waals surface area contributed by atoms with E-state index >= 15 is 0 Å². The Hall–Kier alpha value is -4.03. The number of rotatable bonds is 8. The number of ether oxygens (including phenoxy) is 1. The molecule has 0 bridgehead atoms. The van der Waals surface area contributed by atoms with Crippen LogP contribution in [0.2, 0.25) is 5.02 Å². The maximum absolute atomic E-state index is 13.8. The van der Waals surface area contributed by atoms with Crippen molar-refractivity contribution < 1.29 is 23.8 Å². The topological polar surface area (TPSA) is 80.0 Å². The molecule has 1 aliphatic heterocycles. The highest BCUT2D eigenvalue weighted by Crippen LogP contribution is 2.41. The van der Waals surface area contributed by atoms with Crippen molar-refractivity contribution in [3.8, 4) is 5.75 Å². The van der Waals surface area contributed by atoms with E-state index in [1.165, 1.54) is 4.90 Å². The first-order valence-electron chi connectivity index (χ1n) is 12.5. The fraction of sp³-hybridized carbons (Fsp3) is 0.226. The van der Waals surface area contributed by atoms with Gasteiger partial charge in [0.15, 0.2) is 11.5 Å². The molecule has 3 aromatic carbocycles. The molecule has 1 aliphatic rings. The Balaban J connectivity index is 1.50. The van der Waals surface area contributed by atoms with Gasteiger partial charge < -0.3 is 19.2 Å². The van der Waals surface area contributed by atoms with Crippen molar-refractivity contribution in [1.29, 1.82) is 0 Å². The van der Waals surface area contributed by atoms with E-state index in [1.807, 2.05) is 55.5 Å². The molecule has 2 heterocycles. The van der Waals surface area contributed by atoms with Crippen LogP contribution in [0.3, 0.4) is 0 Å². The van der Waals surface area contributed by atoms with Crippen LogP contribution in [0.4, 0.5) is 0 Å². The van der Waals surface area contributed by atoms with Gasteiger partial charge in [-0.1, -0.05) is 67.4 Å². The van der Waals surface area contributed by atoms with Crippen LogP contribution in [0.1, 0.15) is 47.1 Å². The number of hydrogen-bond acceptors (Lipinski definition) is 5. The number of carbonyl (C=O) groups excluding carboxylic acids is 2. The lowest BCUT2D eigenvalue weighted by molar-refractivity contribution is -0.130. The number of carbonyl (C=O) groups is 2. The van der Waals surface area contributed by atoms with Crippen LogP contribution in [0.15, 0.2) is 88.5 Å². The van der Waals surface area contributed by atoms with Crippen LogP contribution in [-0.2, 0) is 11.3 Å². The van der Waals surface area contributed by atoms with Gasteiger partial charge in [-0.05, 0) is 60.4 Å². The van der Waals surface area contributed by atoms with Crippen LogP contribution >= 0.6 is 11.6 Å². The van der Waals surface area contributed by atoms with Crippen LogP contribution in [-0.4, -0.2) is 28.3 Å². The minimum atomic E-state index is -0.788. The van der Waals surface area contributed by atoms with Crippen molar-refractivity contribution in [2.45, 2.75) is 33.4 Å². The Bertz CT molecular complexity index is 1550. The Morgan fingerprint density at radius 2 is 1.84 bits per heavy atom. The molecule has 0 saturated carbocycles. The highest BCUT2D eigenvalue weighted by atomic mass is 35.5. The van der Waals surface area contributed by atoms with Gasteiger partial charge in [-0.25, -0.2) is 0 Å². The second-order valence-corrected chi connectivity index (χ2v) is 10.4. The predicted molar refractivity (Wildman–Crippen MR) is 146 cm³/mol. The monoisotopic (exact) mass is 529 g/mol. The molecule has 0 radical (unpaired) electrons. The summed E-state index contributed by atoms with van der Waals surface area (Å²) in [4.78, 5) is 28.6. The van der Waals surface area contributed by atoms with Crippen LogP contribution in [0, 0.1) is 12.8 Å². The number of fused-ring (bicyclic) bond motifs is 1. The maximum atomic E-state index is 13.8. The molecular weight excluding hydrogens is 502 g/mol. The van der Waals surface area contributed by atoms with Crippen molar-refractivity contribution in [1.82, 2.24) is 4.90 Å². The first-order chi connectivity index (χ1) is 18.2. The van der Waals surface area contributed by atoms with Crippen molar-refractivity contribution in [2.24, 2.45) is 5.92 Å². The summed E-state index contributed by atoms with van der Waals surface area (Å²) in [5.41, 5.74) is 3.02. The molecule has 0 saturated heterocycles. The lowest BCUT2D eigenvalue weighted by Crippen LogP contribution is -2.30. The standard InChI is InChI=1S/C31H28ClNO5/c1-18(2)17-37-24-10-7-20(8-11-24)16-33-28(21-6-4-5-19(3)13-21)27(30(35)31(33)36)29(34)26-15-22-14-23(32)9-12-25(22)38-26/h4-15,18,28,35H,16-17H2,1-3H3. The summed E-state index contributed by atoms with van der Waals surface area (Å²) < 4.78 is 11.6. The van der Waals surface area contributed by atoms with Gasteiger partial charge in [0.05, 0.1) is 18.2 Å². The highest BCUT2D eigenvalue weighted by Gasteiger charge is 2.44. The zero-order valence-electron chi connectivity index (χ0n) is 21.4. The van der Waals surface area contributed by atoms with Crippen molar-refractivity contribution in [3.63, 3.8) is 0 Å². The van der Waals surface area contributed by atoms with Gasteiger partial charge in [0.2, 0.25) is 5.78 Å². The largest absolute Gasteiger partial charge is 0.503 e. The van der Waals surface area contributed by atoms with Crippen LogP contribution < -0.4 is 4.74 Å². The number of hydrogen-bond donors (Lipinski definition) is 1. The van der Waals surface area contributed by atoms with E-state index in [0.717, 1.165) is 22.4 Å². The number of halogens is 1. The number of nitrogens with zero attached hydrogens (tertiary/aromatic N) is 1. The number of ketones is 1. The number of Topliss-reactive ketones (excluding diaryl/α,β-unsaturated/α-hetero) is 1. The summed E-state index contributed by atoms with van der Waals surface area (Å²) in [6.45, 7) is 6.90. The third kappa shape index (κ3) is 5.04. The van der Waals surface area contributed by atoms with Crippen molar-refractivity contribution in [3.05, 3.63) is 112 Å². The van der Waals surface area contributed by atoms with E-state index in [9.17, 15) is 14.7 Å². The normalized spacial score (nSPS) is 15.7. The molecule has 1 aromatic heterocycles. The lowest BCUT2D eigenvalue weighted by atomic mass is 9.94. The first-order valence-corrected chi connectivity index (χ1v) is 12.8. The van der Waals surface area contributed by atoms with Gasteiger partial charge in [-0.15, -0.1) is 0 Å². The molecule has 6 nitrogen and oxygen atoms in total. The Morgan fingerprint density at radius 3 is 2.55 bits per heavy atom. The number of amides is 1. The summed E-state index contributed by atoms with van der Waals surface area (Å²) in [6.07, 6.45) is 0. The number of benzene rings is 3. The lowest BCUT2D eigenvalue weighted by Gasteiger charge is -2.27. The minimum Gasteiger partial charge on any atom is -0.503 e. The molecular formula is C31H28ClNO5. The molecule has 5 rings (SSSR count). The maximum Gasteiger partial charge on any atom is 0.290 e. The number of aryl methyl sites for hydroxylation is 1. The Morgan fingerprint density at radius 1 is 1.08 bits per heavy atom. The van der Waals surface area contributed by atoms with E-state index in [-0.39, 0.29) is 17.9 Å². The molecule has 1 atom stereocenters. The summed E-state index contributed by atoms with van der Waals surface area (Å²) in [5, 5.41) is 12.2. The van der Waals surface area contributed by atoms with Gasteiger partial charge >= 0.3 is 0 Å². The quantitative estimate of drug-likeness (QED) is 0.244. The molecule has 1 N–H and O–H groups in total.